The first-order chi connectivity index (χ1) is 8.24. The van der Waals surface area contributed by atoms with Gasteiger partial charge in [-0.25, -0.2) is 13.8 Å². The van der Waals surface area contributed by atoms with Crippen LogP contribution in [-0.4, -0.2) is 9.97 Å². The molecule has 0 unspecified atom stereocenters. The van der Waals surface area contributed by atoms with Gasteiger partial charge in [-0.15, -0.1) is 0 Å². The number of hydrogen-bond acceptors (Lipinski definition) is 1. The fourth-order valence-electron chi connectivity index (χ4n) is 1.76. The molecule has 0 atom stereocenters. The Hall–Kier alpha value is -2.23. The van der Waals surface area contributed by atoms with Crippen LogP contribution in [0.3, 0.4) is 0 Å². The number of para-hydroxylation sites is 2. The summed E-state index contributed by atoms with van der Waals surface area (Å²) in [6.45, 7) is 0. The molecule has 4 heteroatoms. The zero-order chi connectivity index (χ0) is 11.8. The third-order valence-corrected chi connectivity index (χ3v) is 2.58. The molecule has 0 radical (unpaired) electrons. The van der Waals surface area contributed by atoms with Crippen molar-refractivity contribution < 1.29 is 8.78 Å². The van der Waals surface area contributed by atoms with Crippen LogP contribution < -0.4 is 0 Å². The Morgan fingerprint density at radius 2 is 1.82 bits per heavy atom. The van der Waals surface area contributed by atoms with E-state index in [0.717, 1.165) is 17.1 Å². The van der Waals surface area contributed by atoms with Gasteiger partial charge in [-0.1, -0.05) is 12.1 Å². The molecule has 1 aromatic heterocycles. The van der Waals surface area contributed by atoms with Crippen molar-refractivity contribution in [1.29, 1.82) is 0 Å². The quantitative estimate of drug-likeness (QED) is 0.680. The molecular weight excluding hydrogens is 222 g/mol. The van der Waals surface area contributed by atoms with E-state index in [-0.39, 0.29) is 5.56 Å². The highest BCUT2D eigenvalue weighted by Crippen LogP contribution is 2.23. The van der Waals surface area contributed by atoms with E-state index in [1.807, 2.05) is 24.3 Å². The molecule has 0 spiro atoms. The van der Waals surface area contributed by atoms with Crippen molar-refractivity contribution in [2.75, 3.05) is 0 Å². The van der Waals surface area contributed by atoms with E-state index in [1.165, 1.54) is 12.1 Å². The Labute approximate surface area is 95.9 Å². The Kier molecular flexibility index (Phi) is 2.14. The van der Waals surface area contributed by atoms with Gasteiger partial charge in [0.05, 0.1) is 16.6 Å². The number of nitrogens with zero attached hydrogens (tertiary/aromatic N) is 1. The lowest BCUT2D eigenvalue weighted by atomic mass is 10.2. The smallest absolute Gasteiger partial charge is 0.141 e. The predicted octanol–water partition coefficient (Wildman–Crippen LogP) is 3.51. The largest absolute Gasteiger partial charge is 0.338 e. The van der Waals surface area contributed by atoms with Crippen LogP contribution in [0.4, 0.5) is 8.78 Å². The van der Waals surface area contributed by atoms with E-state index < -0.39 is 11.6 Å². The molecule has 3 aromatic rings. The minimum Gasteiger partial charge on any atom is -0.338 e. The number of aromatic nitrogens is 2. The first kappa shape index (κ1) is 9.96. The van der Waals surface area contributed by atoms with Gasteiger partial charge in [-0.3, -0.25) is 0 Å². The molecule has 0 amide bonds. The summed E-state index contributed by atoms with van der Waals surface area (Å²) in [6.07, 6.45) is 0. The van der Waals surface area contributed by atoms with Gasteiger partial charge in [-0.2, -0.15) is 0 Å². The molecule has 0 fully saturated rings. The third kappa shape index (κ3) is 1.67. The van der Waals surface area contributed by atoms with Crippen LogP contribution in [-0.2, 0) is 0 Å². The van der Waals surface area contributed by atoms with E-state index in [2.05, 4.69) is 9.97 Å². The summed E-state index contributed by atoms with van der Waals surface area (Å²) in [5.41, 5.74) is 1.85. The van der Waals surface area contributed by atoms with Crippen molar-refractivity contribution in [2.24, 2.45) is 0 Å². The molecule has 84 valence electrons. The maximum absolute atomic E-state index is 13.6. The normalized spacial score (nSPS) is 10.9. The number of H-pyrrole nitrogens is 1. The zero-order valence-electron chi connectivity index (χ0n) is 8.74. The predicted molar refractivity (Wildman–Crippen MR) is 61.4 cm³/mol. The molecule has 2 aromatic carbocycles. The molecular formula is C13H8F2N2. The first-order valence-electron chi connectivity index (χ1n) is 5.14. The fourth-order valence-corrected chi connectivity index (χ4v) is 1.76. The minimum atomic E-state index is -0.621. The summed E-state index contributed by atoms with van der Waals surface area (Å²) < 4.78 is 26.4. The van der Waals surface area contributed by atoms with E-state index in [0.29, 0.717) is 5.82 Å². The van der Waals surface area contributed by atoms with Crippen LogP contribution in [0.25, 0.3) is 22.4 Å². The minimum absolute atomic E-state index is 0.266. The Morgan fingerprint density at radius 3 is 2.59 bits per heavy atom. The Morgan fingerprint density at radius 1 is 1.00 bits per heavy atom. The molecule has 2 nitrogen and oxygen atoms in total. The average molecular weight is 230 g/mol. The molecule has 0 saturated heterocycles. The van der Waals surface area contributed by atoms with Gasteiger partial charge in [0.15, 0.2) is 0 Å². The number of hydrogen-bond donors (Lipinski definition) is 1. The van der Waals surface area contributed by atoms with Crippen molar-refractivity contribution in [2.45, 2.75) is 0 Å². The van der Waals surface area contributed by atoms with Gasteiger partial charge in [-0.05, 0) is 24.3 Å². The van der Waals surface area contributed by atoms with Crippen molar-refractivity contribution in [3.8, 4) is 11.4 Å². The standard InChI is InChI=1S/C13H8F2N2/c14-8-5-6-9(10(15)7-8)13-16-11-3-1-2-4-12(11)17-13/h1-7H,(H,16,17). The summed E-state index contributed by atoms with van der Waals surface area (Å²) in [6, 6.07) is 10.8. The van der Waals surface area contributed by atoms with Gasteiger partial charge in [0.1, 0.15) is 17.5 Å². The SMILES string of the molecule is Fc1ccc(-c2nc3ccccc3[nH]2)c(F)c1. The Bertz CT molecular complexity index is 656. The van der Waals surface area contributed by atoms with Crippen molar-refractivity contribution in [1.82, 2.24) is 9.97 Å². The summed E-state index contributed by atoms with van der Waals surface area (Å²) in [5, 5.41) is 0. The molecule has 0 aliphatic heterocycles. The highest BCUT2D eigenvalue weighted by Gasteiger charge is 2.10. The second-order valence-electron chi connectivity index (χ2n) is 3.73. The van der Waals surface area contributed by atoms with E-state index in [1.54, 1.807) is 0 Å². The monoisotopic (exact) mass is 230 g/mol. The van der Waals surface area contributed by atoms with Crippen molar-refractivity contribution >= 4 is 11.0 Å². The molecule has 0 aliphatic carbocycles. The van der Waals surface area contributed by atoms with Gasteiger partial charge >= 0.3 is 0 Å². The summed E-state index contributed by atoms with van der Waals surface area (Å²) in [7, 11) is 0. The number of rotatable bonds is 1. The lowest BCUT2D eigenvalue weighted by Gasteiger charge is -1.98. The molecule has 1 heterocycles. The maximum Gasteiger partial charge on any atom is 0.141 e. The summed E-state index contributed by atoms with van der Waals surface area (Å²) in [4.78, 5) is 7.25. The highest BCUT2D eigenvalue weighted by atomic mass is 19.1. The summed E-state index contributed by atoms with van der Waals surface area (Å²) >= 11 is 0. The second-order valence-corrected chi connectivity index (χ2v) is 3.73. The second kappa shape index (κ2) is 3.66. The van der Waals surface area contributed by atoms with Gasteiger partial charge in [0, 0.05) is 6.07 Å². The number of halogens is 2. The van der Waals surface area contributed by atoms with Crippen LogP contribution in [0.5, 0.6) is 0 Å². The Balaban J connectivity index is 2.20. The molecule has 3 rings (SSSR count). The van der Waals surface area contributed by atoms with E-state index >= 15 is 0 Å². The van der Waals surface area contributed by atoms with Crippen molar-refractivity contribution in [3.05, 3.63) is 54.1 Å². The van der Waals surface area contributed by atoms with Crippen LogP contribution in [0, 0.1) is 11.6 Å². The molecule has 0 aliphatic rings. The summed E-state index contributed by atoms with van der Waals surface area (Å²) in [5.74, 6) is -0.810. The fraction of sp³-hybridized carbons (Fsp3) is 0. The van der Waals surface area contributed by atoms with Crippen molar-refractivity contribution in [3.63, 3.8) is 0 Å². The molecule has 17 heavy (non-hydrogen) atoms. The maximum atomic E-state index is 13.6. The van der Waals surface area contributed by atoms with Gasteiger partial charge in [0.25, 0.3) is 0 Å². The van der Waals surface area contributed by atoms with Crippen LogP contribution in [0.1, 0.15) is 0 Å². The van der Waals surface area contributed by atoms with Crippen LogP contribution in [0.15, 0.2) is 42.5 Å². The number of imidazole rings is 1. The van der Waals surface area contributed by atoms with Crippen LogP contribution >= 0.6 is 0 Å². The lowest BCUT2D eigenvalue weighted by Crippen LogP contribution is -1.87. The number of fused-ring (bicyclic) bond motifs is 1. The number of benzene rings is 2. The zero-order valence-corrected chi connectivity index (χ0v) is 8.74. The molecule has 1 N–H and O–H groups in total. The topological polar surface area (TPSA) is 28.7 Å². The van der Waals surface area contributed by atoms with E-state index in [4.69, 9.17) is 0 Å². The first-order valence-corrected chi connectivity index (χ1v) is 5.14. The average Bonchev–Trinajstić information content (AvgIpc) is 2.72. The number of nitrogens with one attached hydrogen (secondary N) is 1. The van der Waals surface area contributed by atoms with Gasteiger partial charge < -0.3 is 4.98 Å². The third-order valence-electron chi connectivity index (χ3n) is 2.58. The van der Waals surface area contributed by atoms with Crippen LogP contribution in [0.2, 0.25) is 0 Å². The molecule has 0 saturated carbocycles. The van der Waals surface area contributed by atoms with E-state index in [9.17, 15) is 8.78 Å². The lowest BCUT2D eigenvalue weighted by molar-refractivity contribution is 0.585. The molecule has 0 bridgehead atoms. The highest BCUT2D eigenvalue weighted by molar-refractivity contribution is 5.79. The van der Waals surface area contributed by atoms with Gasteiger partial charge in [0.2, 0.25) is 0 Å². The number of aromatic amines is 1.